The van der Waals surface area contributed by atoms with E-state index in [9.17, 15) is 10.1 Å². The lowest BCUT2D eigenvalue weighted by Crippen LogP contribution is -2.05. The molecule has 0 radical (unpaired) electrons. The summed E-state index contributed by atoms with van der Waals surface area (Å²) in [5.74, 6) is -0.588. The zero-order valence-corrected chi connectivity index (χ0v) is 16.5. The average Bonchev–Trinajstić information content (AvgIpc) is 3.26. The van der Waals surface area contributed by atoms with Crippen molar-refractivity contribution in [1.82, 2.24) is 4.98 Å². The van der Waals surface area contributed by atoms with Crippen LogP contribution in [0.25, 0.3) is 22.1 Å². The predicted molar refractivity (Wildman–Crippen MR) is 114 cm³/mol. The summed E-state index contributed by atoms with van der Waals surface area (Å²) in [6.07, 6.45) is 3.15. The number of carbonyl (C=O) groups is 1. The van der Waals surface area contributed by atoms with Crippen LogP contribution in [0.2, 0.25) is 0 Å². The van der Waals surface area contributed by atoms with Crippen LogP contribution in [-0.4, -0.2) is 16.1 Å². The number of nitrogens with two attached hydrogens (primary N) is 1. The van der Waals surface area contributed by atoms with E-state index in [-0.39, 0.29) is 13.0 Å². The third kappa shape index (κ3) is 4.39. The number of carboxylic acids is 1. The minimum atomic E-state index is -0.968. The molecule has 0 spiro atoms. The van der Waals surface area contributed by atoms with Gasteiger partial charge in [0.25, 0.3) is 0 Å². The van der Waals surface area contributed by atoms with Gasteiger partial charge in [0.15, 0.2) is 0 Å². The topological polar surface area (TPSA) is 122 Å². The number of fused-ring (bicyclic) bond motifs is 1. The summed E-state index contributed by atoms with van der Waals surface area (Å²) in [4.78, 5) is 15.4. The number of nitrogens with zero attached hydrogens (tertiary/aromatic N) is 2. The highest BCUT2D eigenvalue weighted by Gasteiger charge is 2.13. The van der Waals surface area contributed by atoms with Gasteiger partial charge in [-0.2, -0.15) is 5.26 Å². The van der Waals surface area contributed by atoms with Crippen LogP contribution in [0.15, 0.2) is 65.4 Å². The smallest absolute Gasteiger partial charge is 0.307 e. The minimum Gasteiger partial charge on any atom is -0.489 e. The van der Waals surface area contributed by atoms with Gasteiger partial charge in [-0.05, 0) is 53.6 Å². The molecular weight excluding hydrogens is 394 g/mol. The molecule has 0 unspecified atom stereocenters. The molecule has 7 nitrogen and oxygen atoms in total. The Morgan fingerprint density at radius 3 is 2.84 bits per heavy atom. The molecule has 4 aromatic rings. The van der Waals surface area contributed by atoms with E-state index in [1.165, 1.54) is 0 Å². The number of benzene rings is 2. The Labute approximate surface area is 178 Å². The first-order chi connectivity index (χ1) is 15.1. The van der Waals surface area contributed by atoms with Gasteiger partial charge in [0, 0.05) is 29.3 Å². The van der Waals surface area contributed by atoms with Crippen molar-refractivity contribution < 1.29 is 19.1 Å². The fourth-order valence-corrected chi connectivity index (χ4v) is 3.43. The van der Waals surface area contributed by atoms with Crippen molar-refractivity contribution in [2.24, 2.45) is 5.73 Å². The molecule has 154 valence electrons. The van der Waals surface area contributed by atoms with Gasteiger partial charge in [-0.15, -0.1) is 0 Å². The second-order valence-corrected chi connectivity index (χ2v) is 7.02. The number of hydrogen-bond donors (Lipinski definition) is 2. The predicted octanol–water partition coefficient (Wildman–Crippen LogP) is 4.03. The van der Waals surface area contributed by atoms with Crippen LogP contribution in [0, 0.1) is 11.3 Å². The third-order valence-corrected chi connectivity index (χ3v) is 4.88. The van der Waals surface area contributed by atoms with Crippen LogP contribution < -0.4 is 10.5 Å². The van der Waals surface area contributed by atoms with E-state index in [1.807, 2.05) is 30.3 Å². The molecule has 31 heavy (non-hydrogen) atoms. The summed E-state index contributed by atoms with van der Waals surface area (Å²) in [6.45, 7) is 0.532. The number of rotatable bonds is 7. The Morgan fingerprint density at radius 2 is 2.06 bits per heavy atom. The van der Waals surface area contributed by atoms with Crippen molar-refractivity contribution in [2.45, 2.75) is 19.6 Å². The van der Waals surface area contributed by atoms with Gasteiger partial charge in [0.2, 0.25) is 0 Å². The normalized spacial score (nSPS) is 10.7. The Hall–Kier alpha value is -4.15. The van der Waals surface area contributed by atoms with Crippen molar-refractivity contribution in [3.8, 4) is 22.9 Å². The number of aromatic nitrogens is 1. The van der Waals surface area contributed by atoms with Crippen LogP contribution in [-0.2, 0) is 24.4 Å². The lowest BCUT2D eigenvalue weighted by atomic mass is 10.0. The maximum Gasteiger partial charge on any atom is 0.307 e. The van der Waals surface area contributed by atoms with E-state index in [0.717, 1.165) is 33.4 Å². The number of hydrogen-bond acceptors (Lipinski definition) is 6. The maximum absolute atomic E-state index is 11.2. The second kappa shape index (κ2) is 8.69. The maximum atomic E-state index is 11.2. The molecule has 0 bridgehead atoms. The van der Waals surface area contributed by atoms with Crippen molar-refractivity contribution in [2.75, 3.05) is 0 Å². The molecule has 0 aliphatic rings. The van der Waals surface area contributed by atoms with E-state index in [4.69, 9.17) is 20.0 Å². The Balaban J connectivity index is 1.69. The number of carboxylic acid groups (broad SMARTS) is 1. The molecule has 0 atom stereocenters. The summed E-state index contributed by atoms with van der Waals surface area (Å²) in [7, 11) is 0. The molecular formula is C24H19N3O4. The summed E-state index contributed by atoms with van der Waals surface area (Å²) in [5, 5.41) is 19.2. The Morgan fingerprint density at radius 1 is 1.19 bits per heavy atom. The summed E-state index contributed by atoms with van der Waals surface area (Å²) >= 11 is 0. The number of ether oxygens (including phenoxy) is 1. The summed E-state index contributed by atoms with van der Waals surface area (Å²) < 4.78 is 11.6. The highest BCUT2D eigenvalue weighted by Crippen LogP contribution is 2.32. The van der Waals surface area contributed by atoms with Gasteiger partial charge in [-0.1, -0.05) is 6.07 Å². The van der Waals surface area contributed by atoms with E-state index in [2.05, 4.69) is 11.1 Å². The fourth-order valence-electron chi connectivity index (χ4n) is 3.43. The lowest BCUT2D eigenvalue weighted by Gasteiger charge is -2.13. The molecule has 7 heteroatoms. The van der Waals surface area contributed by atoms with Gasteiger partial charge in [0.05, 0.1) is 30.0 Å². The van der Waals surface area contributed by atoms with E-state index in [1.54, 1.807) is 30.7 Å². The number of aliphatic carboxylic acids is 1. The Bertz CT molecular complexity index is 1300. The summed E-state index contributed by atoms with van der Waals surface area (Å²) in [5.41, 5.74) is 10.8. The van der Waals surface area contributed by atoms with E-state index < -0.39 is 5.97 Å². The van der Waals surface area contributed by atoms with Gasteiger partial charge in [-0.3, -0.25) is 9.78 Å². The first-order valence-electron chi connectivity index (χ1n) is 9.60. The zero-order valence-electron chi connectivity index (χ0n) is 16.5. The molecule has 0 aliphatic carbocycles. The van der Waals surface area contributed by atoms with Crippen LogP contribution in [0.1, 0.15) is 22.4 Å². The molecule has 2 aromatic carbocycles. The third-order valence-electron chi connectivity index (χ3n) is 4.88. The number of pyridine rings is 1. The van der Waals surface area contributed by atoms with Gasteiger partial charge < -0.3 is 20.0 Å². The van der Waals surface area contributed by atoms with Crippen molar-refractivity contribution in [1.29, 1.82) is 5.26 Å². The van der Waals surface area contributed by atoms with Crippen molar-refractivity contribution in [3.05, 3.63) is 83.4 Å². The molecule has 2 aromatic heterocycles. The lowest BCUT2D eigenvalue weighted by molar-refractivity contribution is -0.136. The molecule has 3 N–H and O–H groups in total. The molecule has 0 fully saturated rings. The monoisotopic (exact) mass is 413 g/mol. The first-order valence-corrected chi connectivity index (χ1v) is 9.60. The van der Waals surface area contributed by atoms with E-state index in [0.29, 0.717) is 23.4 Å². The molecule has 0 amide bonds. The van der Waals surface area contributed by atoms with Gasteiger partial charge >= 0.3 is 5.97 Å². The van der Waals surface area contributed by atoms with Gasteiger partial charge in [0.1, 0.15) is 17.9 Å². The number of furan rings is 1. The van der Waals surface area contributed by atoms with Crippen LogP contribution in [0.3, 0.4) is 0 Å². The zero-order chi connectivity index (χ0) is 21.8. The summed E-state index contributed by atoms with van der Waals surface area (Å²) in [6, 6.07) is 16.4. The van der Waals surface area contributed by atoms with E-state index >= 15 is 0 Å². The van der Waals surface area contributed by atoms with Crippen molar-refractivity contribution >= 4 is 16.9 Å². The largest absolute Gasteiger partial charge is 0.489 e. The van der Waals surface area contributed by atoms with Crippen molar-refractivity contribution in [3.63, 3.8) is 0 Å². The van der Waals surface area contributed by atoms with Gasteiger partial charge in [-0.25, -0.2) is 0 Å². The minimum absolute atomic E-state index is 0.189. The van der Waals surface area contributed by atoms with Crippen LogP contribution >= 0.6 is 0 Å². The highest BCUT2D eigenvalue weighted by molar-refractivity contribution is 5.93. The SMILES string of the molecule is N#Cc1ccc(CC(=O)O)c(OCc2cc(-c3ccnc(CN)c3)c3occc3c2)c1. The second-order valence-electron chi connectivity index (χ2n) is 7.02. The molecule has 0 saturated carbocycles. The molecule has 0 saturated heterocycles. The quantitative estimate of drug-likeness (QED) is 0.469. The molecule has 0 aliphatic heterocycles. The fraction of sp³-hybridized carbons (Fsp3) is 0.125. The molecule has 2 heterocycles. The standard InChI is InChI=1S/C24H19N3O4/c25-12-15-1-2-18(11-23(28)29)22(9-15)31-14-16-7-19-4-6-30-24(19)21(8-16)17-3-5-27-20(10-17)13-26/h1-10H,11,13-14,26H2,(H,28,29). The number of nitriles is 1. The van der Waals surface area contributed by atoms with Crippen LogP contribution in [0.4, 0.5) is 0 Å². The molecule has 4 rings (SSSR count). The Kier molecular flexibility index (Phi) is 5.65. The first kappa shape index (κ1) is 20.1. The van der Waals surface area contributed by atoms with Crippen LogP contribution in [0.5, 0.6) is 5.75 Å². The highest BCUT2D eigenvalue weighted by atomic mass is 16.5. The average molecular weight is 413 g/mol.